The smallest absolute Gasteiger partial charge is 0.266 e. The number of hydrogen-bond donors (Lipinski definition) is 0. The van der Waals surface area contributed by atoms with Gasteiger partial charge >= 0.3 is 0 Å². The highest BCUT2D eigenvalue weighted by Crippen LogP contribution is 2.24. The second-order valence-corrected chi connectivity index (χ2v) is 9.69. The number of methoxy groups -OCH3 is 1. The van der Waals surface area contributed by atoms with E-state index in [0.717, 1.165) is 13.1 Å². The summed E-state index contributed by atoms with van der Waals surface area (Å²) < 4.78 is 6.84. The van der Waals surface area contributed by atoms with Crippen LogP contribution in [0.15, 0.2) is 82.7 Å². The maximum Gasteiger partial charge on any atom is 0.266 e. The van der Waals surface area contributed by atoms with Crippen LogP contribution in [0.5, 0.6) is 5.75 Å². The SMILES string of the molecule is COc1ccc(-n2c(SCC(=O)N3CCN(c4cccc(C)c4)CC3)nc3ccccc3c2=O)cc1. The van der Waals surface area contributed by atoms with E-state index < -0.39 is 0 Å². The Balaban J connectivity index is 1.34. The largest absolute Gasteiger partial charge is 0.497 e. The van der Waals surface area contributed by atoms with E-state index in [9.17, 15) is 9.59 Å². The standard InChI is InChI=1S/C28H28N4O3S/c1-20-6-5-7-22(18-20)30-14-16-31(17-15-30)26(33)19-36-28-29-25-9-4-3-8-24(25)27(34)32(28)21-10-12-23(35-2)13-11-21/h3-13,18H,14-17,19H2,1-2H3. The van der Waals surface area contributed by atoms with Gasteiger partial charge in [-0.2, -0.15) is 0 Å². The van der Waals surface area contributed by atoms with E-state index >= 15 is 0 Å². The molecule has 184 valence electrons. The molecule has 0 radical (unpaired) electrons. The monoisotopic (exact) mass is 500 g/mol. The van der Waals surface area contributed by atoms with Crippen LogP contribution in [0.2, 0.25) is 0 Å². The summed E-state index contributed by atoms with van der Waals surface area (Å²) in [4.78, 5) is 35.5. The minimum atomic E-state index is -0.160. The van der Waals surface area contributed by atoms with Gasteiger partial charge in [0, 0.05) is 31.9 Å². The number of thioether (sulfide) groups is 1. The topological polar surface area (TPSA) is 67.7 Å². The minimum absolute atomic E-state index is 0.0487. The molecule has 8 heteroatoms. The maximum atomic E-state index is 13.4. The van der Waals surface area contributed by atoms with E-state index in [0.29, 0.717) is 40.6 Å². The van der Waals surface area contributed by atoms with Crippen molar-refractivity contribution in [3.8, 4) is 11.4 Å². The van der Waals surface area contributed by atoms with Gasteiger partial charge in [0.15, 0.2) is 5.16 Å². The van der Waals surface area contributed by atoms with Crippen molar-refractivity contribution in [2.24, 2.45) is 0 Å². The molecule has 1 aliphatic rings. The second-order valence-electron chi connectivity index (χ2n) is 8.75. The maximum absolute atomic E-state index is 13.4. The first-order valence-corrected chi connectivity index (χ1v) is 12.9. The molecule has 0 bridgehead atoms. The lowest BCUT2D eigenvalue weighted by atomic mass is 10.2. The molecule has 36 heavy (non-hydrogen) atoms. The van der Waals surface area contributed by atoms with Crippen molar-refractivity contribution in [1.29, 1.82) is 0 Å². The molecule has 0 spiro atoms. The van der Waals surface area contributed by atoms with Gasteiger partial charge < -0.3 is 14.5 Å². The average Bonchev–Trinajstić information content (AvgIpc) is 2.92. The summed E-state index contributed by atoms with van der Waals surface area (Å²) in [7, 11) is 1.60. The summed E-state index contributed by atoms with van der Waals surface area (Å²) in [5.74, 6) is 0.966. The van der Waals surface area contributed by atoms with E-state index in [2.05, 4.69) is 36.1 Å². The Morgan fingerprint density at radius 3 is 2.42 bits per heavy atom. The molecule has 3 aromatic carbocycles. The van der Waals surface area contributed by atoms with Gasteiger partial charge in [-0.3, -0.25) is 14.2 Å². The Hall–Kier alpha value is -3.78. The normalized spacial score (nSPS) is 13.7. The van der Waals surface area contributed by atoms with Crippen molar-refractivity contribution >= 4 is 34.3 Å². The van der Waals surface area contributed by atoms with Gasteiger partial charge in [0.2, 0.25) is 5.91 Å². The Morgan fingerprint density at radius 2 is 1.69 bits per heavy atom. The third-order valence-electron chi connectivity index (χ3n) is 6.40. The number of para-hydroxylation sites is 1. The molecule has 5 rings (SSSR count). The first-order valence-electron chi connectivity index (χ1n) is 11.9. The highest BCUT2D eigenvalue weighted by molar-refractivity contribution is 7.99. The molecule has 7 nitrogen and oxygen atoms in total. The number of amides is 1. The van der Waals surface area contributed by atoms with Crippen molar-refractivity contribution in [3.63, 3.8) is 0 Å². The number of ether oxygens (including phenoxy) is 1. The van der Waals surface area contributed by atoms with Crippen LogP contribution in [0.3, 0.4) is 0 Å². The predicted molar refractivity (Wildman–Crippen MR) is 145 cm³/mol. The van der Waals surface area contributed by atoms with Crippen LogP contribution in [0.4, 0.5) is 5.69 Å². The number of aryl methyl sites for hydroxylation is 1. The van der Waals surface area contributed by atoms with Crippen LogP contribution >= 0.6 is 11.8 Å². The lowest BCUT2D eigenvalue weighted by Gasteiger charge is -2.36. The third kappa shape index (κ3) is 4.95. The van der Waals surface area contributed by atoms with Crippen molar-refractivity contribution in [1.82, 2.24) is 14.5 Å². The number of carbonyl (C=O) groups is 1. The molecule has 0 saturated carbocycles. The summed E-state index contributed by atoms with van der Waals surface area (Å²) >= 11 is 1.30. The molecule has 1 aromatic heterocycles. The Labute approximate surface area is 214 Å². The summed E-state index contributed by atoms with van der Waals surface area (Å²) in [6.07, 6.45) is 0. The zero-order valence-electron chi connectivity index (χ0n) is 20.4. The van der Waals surface area contributed by atoms with Gasteiger partial charge in [-0.1, -0.05) is 36.0 Å². The summed E-state index contributed by atoms with van der Waals surface area (Å²) in [5, 5.41) is 1.03. The molecule has 1 saturated heterocycles. The molecule has 0 aliphatic carbocycles. The van der Waals surface area contributed by atoms with Gasteiger partial charge in [0.1, 0.15) is 5.75 Å². The second kappa shape index (κ2) is 10.5. The number of rotatable bonds is 6. The predicted octanol–water partition coefficient (Wildman–Crippen LogP) is 4.14. The van der Waals surface area contributed by atoms with E-state index in [-0.39, 0.29) is 17.2 Å². The van der Waals surface area contributed by atoms with Crippen molar-refractivity contribution < 1.29 is 9.53 Å². The van der Waals surface area contributed by atoms with E-state index in [4.69, 9.17) is 9.72 Å². The Morgan fingerprint density at radius 1 is 0.944 bits per heavy atom. The molecule has 0 N–H and O–H groups in total. The molecule has 2 heterocycles. The summed E-state index contributed by atoms with van der Waals surface area (Å²) in [6, 6.07) is 23.0. The van der Waals surface area contributed by atoms with Gasteiger partial charge in [-0.25, -0.2) is 4.98 Å². The van der Waals surface area contributed by atoms with Gasteiger partial charge in [0.05, 0.1) is 29.5 Å². The van der Waals surface area contributed by atoms with Crippen LogP contribution in [-0.2, 0) is 4.79 Å². The number of aromatic nitrogens is 2. The first-order chi connectivity index (χ1) is 17.5. The number of carbonyl (C=O) groups excluding carboxylic acids is 1. The quantitative estimate of drug-likeness (QED) is 0.293. The number of benzene rings is 3. The Bertz CT molecular complexity index is 1440. The molecule has 1 amide bonds. The van der Waals surface area contributed by atoms with Crippen LogP contribution < -0.4 is 15.2 Å². The Kier molecular flexibility index (Phi) is 6.95. The first kappa shape index (κ1) is 23.9. The van der Waals surface area contributed by atoms with Crippen LogP contribution in [0, 0.1) is 6.92 Å². The number of anilines is 1. The molecule has 1 fully saturated rings. The van der Waals surface area contributed by atoms with Crippen LogP contribution in [0.25, 0.3) is 16.6 Å². The van der Waals surface area contributed by atoms with E-state index in [1.165, 1.54) is 23.0 Å². The van der Waals surface area contributed by atoms with Crippen molar-refractivity contribution in [2.75, 3.05) is 43.9 Å². The minimum Gasteiger partial charge on any atom is -0.497 e. The van der Waals surface area contributed by atoms with Crippen molar-refractivity contribution in [2.45, 2.75) is 12.1 Å². The molecule has 0 unspecified atom stereocenters. The molecule has 0 atom stereocenters. The van der Waals surface area contributed by atoms with Gasteiger partial charge in [-0.15, -0.1) is 0 Å². The highest BCUT2D eigenvalue weighted by Gasteiger charge is 2.22. The molecule has 1 aliphatic heterocycles. The van der Waals surface area contributed by atoms with Crippen LogP contribution in [0.1, 0.15) is 5.56 Å². The fourth-order valence-corrected chi connectivity index (χ4v) is 5.34. The molecular formula is C28H28N4O3S. The zero-order chi connectivity index (χ0) is 25.1. The van der Waals surface area contributed by atoms with E-state index in [1.807, 2.05) is 47.4 Å². The van der Waals surface area contributed by atoms with Crippen molar-refractivity contribution in [3.05, 3.63) is 88.7 Å². The lowest BCUT2D eigenvalue weighted by Crippen LogP contribution is -2.49. The van der Waals surface area contributed by atoms with Crippen LogP contribution in [-0.4, -0.2) is 59.4 Å². The van der Waals surface area contributed by atoms with E-state index in [1.54, 1.807) is 17.7 Å². The third-order valence-corrected chi connectivity index (χ3v) is 7.32. The number of nitrogens with zero attached hydrogens (tertiary/aromatic N) is 4. The number of hydrogen-bond acceptors (Lipinski definition) is 6. The average molecular weight is 501 g/mol. The summed E-state index contributed by atoms with van der Waals surface area (Å²) in [5.41, 5.74) is 3.57. The van der Waals surface area contributed by atoms with Gasteiger partial charge in [0.25, 0.3) is 5.56 Å². The molecular weight excluding hydrogens is 472 g/mol. The fraction of sp³-hybridized carbons (Fsp3) is 0.250. The number of piperazine rings is 1. The molecule has 4 aromatic rings. The fourth-order valence-electron chi connectivity index (χ4n) is 4.42. The zero-order valence-corrected chi connectivity index (χ0v) is 21.2. The highest BCUT2D eigenvalue weighted by atomic mass is 32.2. The summed E-state index contributed by atoms with van der Waals surface area (Å²) in [6.45, 7) is 5.02. The number of fused-ring (bicyclic) bond motifs is 1. The lowest BCUT2D eigenvalue weighted by molar-refractivity contribution is -0.128. The van der Waals surface area contributed by atoms with Gasteiger partial charge in [-0.05, 0) is 61.0 Å².